The fraction of sp³-hybridized carbons (Fsp3) is 1.00. The van der Waals surface area contributed by atoms with Crippen LogP contribution >= 0.6 is 0 Å². The summed E-state index contributed by atoms with van der Waals surface area (Å²) in [5.41, 5.74) is 5.60. The van der Waals surface area contributed by atoms with Crippen molar-refractivity contribution in [3.05, 3.63) is 0 Å². The Morgan fingerprint density at radius 1 is 1.25 bits per heavy atom. The number of piperidine rings is 1. The van der Waals surface area contributed by atoms with Gasteiger partial charge in [0.05, 0.1) is 5.25 Å². The summed E-state index contributed by atoms with van der Waals surface area (Å²) in [5.74, 6) is 0. The van der Waals surface area contributed by atoms with Crippen molar-refractivity contribution >= 4 is 10.0 Å². The molecule has 0 bridgehead atoms. The molecule has 2 N–H and O–H groups in total. The Morgan fingerprint density at radius 3 is 2.31 bits per heavy atom. The number of rotatable bonds is 2. The molecular weight excluding hydrogens is 224 g/mol. The molecule has 0 aromatic heterocycles. The average molecular weight is 246 g/mol. The lowest BCUT2D eigenvalue weighted by atomic mass is 9.90. The van der Waals surface area contributed by atoms with Gasteiger partial charge in [-0.25, -0.2) is 8.42 Å². The highest BCUT2D eigenvalue weighted by Crippen LogP contribution is 2.36. The fourth-order valence-corrected chi connectivity index (χ4v) is 5.16. The van der Waals surface area contributed by atoms with Gasteiger partial charge in [-0.1, -0.05) is 6.42 Å². The Balaban J connectivity index is 2.19. The van der Waals surface area contributed by atoms with Gasteiger partial charge in [0.1, 0.15) is 0 Å². The summed E-state index contributed by atoms with van der Waals surface area (Å²) < 4.78 is 26.5. The van der Waals surface area contributed by atoms with Gasteiger partial charge in [0.25, 0.3) is 0 Å². The Hall–Kier alpha value is -0.130. The van der Waals surface area contributed by atoms with Crippen molar-refractivity contribution < 1.29 is 8.42 Å². The van der Waals surface area contributed by atoms with Crippen LogP contribution in [0.5, 0.6) is 0 Å². The van der Waals surface area contributed by atoms with E-state index in [0.717, 1.165) is 32.1 Å². The van der Waals surface area contributed by atoms with Crippen molar-refractivity contribution in [2.45, 2.75) is 62.8 Å². The Bertz CT molecular complexity index is 360. The van der Waals surface area contributed by atoms with Crippen LogP contribution in [0.1, 0.15) is 46.0 Å². The molecule has 94 valence electrons. The molecule has 0 aromatic carbocycles. The SMILES string of the molecule is CC1(C)CC(N)CCN1S(=O)(=O)C1CCC1. The highest BCUT2D eigenvalue weighted by molar-refractivity contribution is 7.89. The van der Waals surface area contributed by atoms with Crippen LogP contribution in [0.3, 0.4) is 0 Å². The van der Waals surface area contributed by atoms with Gasteiger partial charge in [0, 0.05) is 18.1 Å². The lowest BCUT2D eigenvalue weighted by Gasteiger charge is -2.46. The molecule has 0 amide bonds. The first-order chi connectivity index (χ1) is 7.34. The number of sulfonamides is 1. The van der Waals surface area contributed by atoms with Gasteiger partial charge in [-0.2, -0.15) is 4.31 Å². The van der Waals surface area contributed by atoms with Crippen LogP contribution in [0.4, 0.5) is 0 Å². The van der Waals surface area contributed by atoms with E-state index >= 15 is 0 Å². The maximum absolute atomic E-state index is 12.4. The first kappa shape index (κ1) is 12.3. The van der Waals surface area contributed by atoms with E-state index in [9.17, 15) is 8.42 Å². The molecule has 4 nitrogen and oxygen atoms in total. The van der Waals surface area contributed by atoms with Crippen molar-refractivity contribution in [1.82, 2.24) is 4.31 Å². The quantitative estimate of drug-likeness (QED) is 0.792. The summed E-state index contributed by atoms with van der Waals surface area (Å²) in [6.07, 6.45) is 4.27. The Kier molecular flexibility index (Phi) is 3.05. The largest absolute Gasteiger partial charge is 0.328 e. The molecule has 0 radical (unpaired) electrons. The predicted octanol–water partition coefficient (Wildman–Crippen LogP) is 1.07. The summed E-state index contributed by atoms with van der Waals surface area (Å²) in [6.45, 7) is 4.57. The maximum Gasteiger partial charge on any atom is 0.217 e. The second-order valence-electron chi connectivity index (χ2n) is 5.74. The first-order valence-corrected chi connectivity index (χ1v) is 7.61. The zero-order chi connectivity index (χ0) is 12.0. The minimum atomic E-state index is -3.08. The molecule has 5 heteroatoms. The summed E-state index contributed by atoms with van der Waals surface area (Å²) >= 11 is 0. The summed E-state index contributed by atoms with van der Waals surface area (Å²) in [5, 5.41) is -0.124. The minimum absolute atomic E-state index is 0.124. The van der Waals surface area contributed by atoms with Gasteiger partial charge in [0.2, 0.25) is 10.0 Å². The molecule has 2 rings (SSSR count). The van der Waals surface area contributed by atoms with E-state index in [1.165, 1.54) is 0 Å². The van der Waals surface area contributed by atoms with Crippen LogP contribution < -0.4 is 5.73 Å². The predicted molar refractivity (Wildman–Crippen MR) is 64.6 cm³/mol. The topological polar surface area (TPSA) is 63.4 Å². The van der Waals surface area contributed by atoms with Crippen LogP contribution in [-0.2, 0) is 10.0 Å². The fourth-order valence-electron chi connectivity index (χ4n) is 2.75. The average Bonchev–Trinajstić information content (AvgIpc) is 1.95. The second-order valence-corrected chi connectivity index (χ2v) is 7.87. The lowest BCUT2D eigenvalue weighted by Crippen LogP contribution is -2.58. The summed E-state index contributed by atoms with van der Waals surface area (Å²) in [4.78, 5) is 0. The first-order valence-electron chi connectivity index (χ1n) is 6.11. The van der Waals surface area contributed by atoms with E-state index in [0.29, 0.717) is 6.54 Å². The van der Waals surface area contributed by atoms with Crippen molar-refractivity contribution in [3.8, 4) is 0 Å². The third-order valence-corrected chi connectivity index (χ3v) is 6.53. The smallest absolute Gasteiger partial charge is 0.217 e. The van der Waals surface area contributed by atoms with Gasteiger partial charge >= 0.3 is 0 Å². The van der Waals surface area contributed by atoms with E-state index in [1.54, 1.807) is 4.31 Å². The van der Waals surface area contributed by atoms with Gasteiger partial charge in [-0.05, 0) is 39.5 Å². The molecule has 1 saturated heterocycles. The van der Waals surface area contributed by atoms with Crippen molar-refractivity contribution in [3.63, 3.8) is 0 Å². The molecule has 1 atom stereocenters. The van der Waals surface area contributed by atoms with Crippen LogP contribution in [-0.4, -0.2) is 36.1 Å². The normalized spacial score (nSPS) is 32.3. The molecule has 2 aliphatic rings. The molecular formula is C11H22N2O2S. The van der Waals surface area contributed by atoms with Crippen molar-refractivity contribution in [2.24, 2.45) is 5.73 Å². The highest BCUT2D eigenvalue weighted by atomic mass is 32.2. The number of hydrogen-bond acceptors (Lipinski definition) is 3. The van der Waals surface area contributed by atoms with Gasteiger partial charge in [-0.15, -0.1) is 0 Å². The van der Waals surface area contributed by atoms with Crippen molar-refractivity contribution in [2.75, 3.05) is 6.54 Å². The molecule has 16 heavy (non-hydrogen) atoms. The monoisotopic (exact) mass is 246 g/mol. The molecule has 1 aliphatic carbocycles. The van der Waals surface area contributed by atoms with Gasteiger partial charge < -0.3 is 5.73 Å². The van der Waals surface area contributed by atoms with Crippen LogP contribution in [0.25, 0.3) is 0 Å². The molecule has 2 fully saturated rings. The van der Waals surface area contributed by atoms with Crippen molar-refractivity contribution in [1.29, 1.82) is 0 Å². The van der Waals surface area contributed by atoms with Gasteiger partial charge in [0.15, 0.2) is 0 Å². The minimum Gasteiger partial charge on any atom is -0.328 e. The molecule has 1 saturated carbocycles. The van der Waals surface area contributed by atoms with Crippen LogP contribution in [0.15, 0.2) is 0 Å². The van der Waals surface area contributed by atoms with E-state index in [-0.39, 0.29) is 16.8 Å². The standard InChI is InChI=1S/C11H22N2O2S/c1-11(2)8-9(12)6-7-13(11)16(14,15)10-4-3-5-10/h9-10H,3-8,12H2,1-2H3. The maximum atomic E-state index is 12.4. The zero-order valence-corrected chi connectivity index (χ0v) is 11.0. The lowest BCUT2D eigenvalue weighted by molar-refractivity contribution is 0.151. The Labute approximate surface area is 98.2 Å². The van der Waals surface area contributed by atoms with Gasteiger partial charge in [-0.3, -0.25) is 0 Å². The third-order valence-electron chi connectivity index (χ3n) is 3.92. The van der Waals surface area contributed by atoms with E-state index in [4.69, 9.17) is 5.73 Å². The highest BCUT2D eigenvalue weighted by Gasteiger charge is 2.45. The number of nitrogens with two attached hydrogens (primary N) is 1. The molecule has 1 unspecified atom stereocenters. The number of nitrogens with zero attached hydrogens (tertiary/aromatic N) is 1. The van der Waals surface area contributed by atoms with Crippen LogP contribution in [0.2, 0.25) is 0 Å². The molecule has 1 aliphatic heterocycles. The number of hydrogen-bond donors (Lipinski definition) is 1. The molecule has 0 spiro atoms. The Morgan fingerprint density at radius 2 is 1.88 bits per heavy atom. The third kappa shape index (κ3) is 2.00. The zero-order valence-electron chi connectivity index (χ0n) is 10.1. The summed E-state index contributed by atoms with van der Waals surface area (Å²) in [7, 11) is -3.08. The van der Waals surface area contributed by atoms with E-state index in [1.807, 2.05) is 13.8 Å². The van der Waals surface area contributed by atoms with E-state index in [2.05, 4.69) is 0 Å². The molecule has 1 heterocycles. The van der Waals surface area contributed by atoms with Crippen LogP contribution in [0, 0.1) is 0 Å². The second kappa shape index (κ2) is 3.96. The summed E-state index contributed by atoms with van der Waals surface area (Å²) in [6, 6.07) is 0.142. The van der Waals surface area contributed by atoms with E-state index < -0.39 is 10.0 Å². The molecule has 0 aromatic rings.